The van der Waals surface area contributed by atoms with Crippen molar-refractivity contribution >= 4 is 5.84 Å². The van der Waals surface area contributed by atoms with Gasteiger partial charge in [0, 0.05) is 6.07 Å². The Labute approximate surface area is 108 Å². The van der Waals surface area contributed by atoms with E-state index in [9.17, 15) is 0 Å². The minimum Gasteiger partial charge on any atom is -0.474 e. The summed E-state index contributed by atoms with van der Waals surface area (Å²) in [7, 11) is 0. The van der Waals surface area contributed by atoms with Crippen LogP contribution in [-0.2, 0) is 0 Å². The van der Waals surface area contributed by atoms with E-state index in [2.05, 4.69) is 18.8 Å². The number of ether oxygens (including phenoxy) is 1. The van der Waals surface area contributed by atoms with Crippen molar-refractivity contribution in [3.8, 4) is 5.88 Å². The second-order valence-corrected chi connectivity index (χ2v) is 5.28. The Kier molecular flexibility index (Phi) is 3.84. The van der Waals surface area contributed by atoms with Gasteiger partial charge < -0.3 is 10.5 Å². The molecule has 1 fully saturated rings. The van der Waals surface area contributed by atoms with E-state index in [1.54, 1.807) is 6.07 Å². The van der Waals surface area contributed by atoms with Crippen LogP contribution in [0.1, 0.15) is 38.8 Å². The van der Waals surface area contributed by atoms with Gasteiger partial charge in [-0.25, -0.2) is 4.98 Å². The smallest absolute Gasteiger partial charge is 0.214 e. The van der Waals surface area contributed by atoms with E-state index < -0.39 is 0 Å². The Balaban J connectivity index is 2.01. The molecule has 0 aliphatic heterocycles. The van der Waals surface area contributed by atoms with Gasteiger partial charge in [0.2, 0.25) is 5.88 Å². The standard InChI is InChI=1S/C14H21N3O/c1-9-6-7-11(8-10(9)2)18-13-5-3-4-12(17-13)14(15)16/h3-5,9-11H,6-8H2,1-2H3,(H3,15,16). The zero-order valence-corrected chi connectivity index (χ0v) is 11.0. The summed E-state index contributed by atoms with van der Waals surface area (Å²) in [5.41, 5.74) is 5.90. The second kappa shape index (κ2) is 5.38. The summed E-state index contributed by atoms with van der Waals surface area (Å²) in [6.07, 6.45) is 3.61. The molecule has 1 heterocycles. The number of nitrogens with zero attached hydrogens (tertiary/aromatic N) is 1. The topological polar surface area (TPSA) is 72.0 Å². The normalized spacial score (nSPS) is 27.8. The van der Waals surface area contributed by atoms with Gasteiger partial charge in [0.1, 0.15) is 17.6 Å². The third kappa shape index (κ3) is 3.00. The van der Waals surface area contributed by atoms with E-state index in [0.717, 1.165) is 18.8 Å². The van der Waals surface area contributed by atoms with Gasteiger partial charge in [0.15, 0.2) is 0 Å². The van der Waals surface area contributed by atoms with Crippen LogP contribution in [0.2, 0.25) is 0 Å². The maximum atomic E-state index is 7.37. The van der Waals surface area contributed by atoms with Crippen molar-refractivity contribution in [3.05, 3.63) is 23.9 Å². The van der Waals surface area contributed by atoms with Crippen molar-refractivity contribution < 1.29 is 4.74 Å². The monoisotopic (exact) mass is 247 g/mol. The van der Waals surface area contributed by atoms with Gasteiger partial charge in [-0.1, -0.05) is 19.9 Å². The van der Waals surface area contributed by atoms with Crippen LogP contribution in [0.15, 0.2) is 18.2 Å². The third-order valence-electron chi connectivity index (χ3n) is 3.84. The molecule has 18 heavy (non-hydrogen) atoms. The summed E-state index contributed by atoms with van der Waals surface area (Å²) in [6.45, 7) is 4.58. The molecule has 1 aromatic rings. The lowest BCUT2D eigenvalue weighted by molar-refractivity contribution is 0.0964. The number of nitrogens with two attached hydrogens (primary N) is 1. The van der Waals surface area contributed by atoms with Crippen LogP contribution in [0.4, 0.5) is 0 Å². The van der Waals surface area contributed by atoms with Crippen molar-refractivity contribution in [2.45, 2.75) is 39.2 Å². The molecule has 3 unspecified atom stereocenters. The maximum Gasteiger partial charge on any atom is 0.214 e. The molecule has 0 saturated heterocycles. The van der Waals surface area contributed by atoms with E-state index in [4.69, 9.17) is 15.9 Å². The fraction of sp³-hybridized carbons (Fsp3) is 0.571. The Hall–Kier alpha value is -1.58. The highest BCUT2D eigenvalue weighted by Gasteiger charge is 2.25. The summed E-state index contributed by atoms with van der Waals surface area (Å²) in [6, 6.07) is 5.38. The number of nitrogens with one attached hydrogen (secondary N) is 1. The predicted molar refractivity (Wildman–Crippen MR) is 71.8 cm³/mol. The quantitative estimate of drug-likeness (QED) is 0.637. The number of hydrogen-bond donors (Lipinski definition) is 2. The van der Waals surface area contributed by atoms with Crippen LogP contribution < -0.4 is 10.5 Å². The Morgan fingerprint density at radius 3 is 2.78 bits per heavy atom. The van der Waals surface area contributed by atoms with Crippen LogP contribution in [0.3, 0.4) is 0 Å². The van der Waals surface area contributed by atoms with Crippen LogP contribution >= 0.6 is 0 Å². The van der Waals surface area contributed by atoms with Crippen molar-refractivity contribution in [1.29, 1.82) is 5.41 Å². The van der Waals surface area contributed by atoms with Crippen molar-refractivity contribution in [2.75, 3.05) is 0 Å². The molecule has 0 aromatic carbocycles. The second-order valence-electron chi connectivity index (χ2n) is 5.28. The maximum absolute atomic E-state index is 7.37. The molecule has 1 aliphatic rings. The van der Waals surface area contributed by atoms with Crippen LogP contribution in [0, 0.1) is 17.2 Å². The molecule has 0 radical (unpaired) electrons. The van der Waals surface area contributed by atoms with Gasteiger partial charge in [-0.15, -0.1) is 0 Å². The molecule has 0 spiro atoms. The average molecular weight is 247 g/mol. The zero-order chi connectivity index (χ0) is 13.1. The van der Waals surface area contributed by atoms with E-state index in [-0.39, 0.29) is 11.9 Å². The first-order chi connectivity index (χ1) is 8.56. The van der Waals surface area contributed by atoms with Gasteiger partial charge >= 0.3 is 0 Å². The van der Waals surface area contributed by atoms with Crippen molar-refractivity contribution in [3.63, 3.8) is 0 Å². The highest BCUT2D eigenvalue weighted by atomic mass is 16.5. The molecule has 3 atom stereocenters. The lowest BCUT2D eigenvalue weighted by Crippen LogP contribution is -2.29. The minimum atomic E-state index is -0.0221. The van der Waals surface area contributed by atoms with Gasteiger partial charge in [-0.05, 0) is 37.2 Å². The van der Waals surface area contributed by atoms with Crippen LogP contribution in [0.5, 0.6) is 5.88 Å². The molecule has 4 heteroatoms. The molecule has 4 nitrogen and oxygen atoms in total. The summed E-state index contributed by atoms with van der Waals surface area (Å²) >= 11 is 0. The molecule has 0 bridgehead atoms. The number of nitrogen functional groups attached to an aromatic ring is 1. The Morgan fingerprint density at radius 1 is 1.33 bits per heavy atom. The lowest BCUT2D eigenvalue weighted by atomic mass is 9.80. The van der Waals surface area contributed by atoms with Gasteiger partial charge in [0.05, 0.1) is 0 Å². The number of amidine groups is 1. The molecule has 1 aromatic heterocycles. The zero-order valence-electron chi connectivity index (χ0n) is 11.0. The summed E-state index contributed by atoms with van der Waals surface area (Å²) in [5.74, 6) is 2.03. The number of aromatic nitrogens is 1. The number of pyridine rings is 1. The summed E-state index contributed by atoms with van der Waals surface area (Å²) < 4.78 is 5.90. The minimum absolute atomic E-state index is 0.0221. The van der Waals surface area contributed by atoms with Crippen molar-refractivity contribution in [1.82, 2.24) is 4.98 Å². The van der Waals surface area contributed by atoms with E-state index >= 15 is 0 Å². The van der Waals surface area contributed by atoms with E-state index in [1.165, 1.54) is 6.42 Å². The number of rotatable bonds is 3. The van der Waals surface area contributed by atoms with E-state index in [0.29, 0.717) is 17.5 Å². The Bertz CT molecular complexity index is 433. The van der Waals surface area contributed by atoms with Gasteiger partial charge in [0.25, 0.3) is 0 Å². The highest BCUT2D eigenvalue weighted by Crippen LogP contribution is 2.31. The first kappa shape index (κ1) is 12.9. The molecule has 98 valence electrons. The molecule has 3 N–H and O–H groups in total. The van der Waals surface area contributed by atoms with Gasteiger partial charge in [-0.2, -0.15) is 0 Å². The summed E-state index contributed by atoms with van der Waals surface area (Å²) in [4.78, 5) is 4.24. The van der Waals surface area contributed by atoms with Crippen LogP contribution in [0.25, 0.3) is 0 Å². The van der Waals surface area contributed by atoms with Crippen LogP contribution in [-0.4, -0.2) is 16.9 Å². The SMILES string of the molecule is CC1CCC(Oc2cccc(C(=N)N)n2)CC1C. The molecular formula is C14H21N3O. The molecule has 1 saturated carbocycles. The average Bonchev–Trinajstić information content (AvgIpc) is 2.34. The van der Waals surface area contributed by atoms with Crippen molar-refractivity contribution in [2.24, 2.45) is 17.6 Å². The molecular weight excluding hydrogens is 226 g/mol. The largest absolute Gasteiger partial charge is 0.474 e. The van der Waals surface area contributed by atoms with Gasteiger partial charge in [-0.3, -0.25) is 5.41 Å². The predicted octanol–water partition coefficient (Wildman–Crippen LogP) is 2.57. The third-order valence-corrected chi connectivity index (χ3v) is 3.84. The molecule has 0 amide bonds. The Morgan fingerprint density at radius 2 is 2.11 bits per heavy atom. The summed E-state index contributed by atoms with van der Waals surface area (Å²) in [5, 5.41) is 7.37. The highest BCUT2D eigenvalue weighted by molar-refractivity contribution is 5.93. The lowest BCUT2D eigenvalue weighted by Gasteiger charge is -2.31. The molecule has 2 rings (SSSR count). The first-order valence-corrected chi connectivity index (χ1v) is 6.54. The van der Waals surface area contributed by atoms with E-state index in [1.807, 2.05) is 12.1 Å². The fourth-order valence-corrected chi connectivity index (χ4v) is 2.41. The molecule has 1 aliphatic carbocycles. The number of hydrogen-bond acceptors (Lipinski definition) is 3. The first-order valence-electron chi connectivity index (χ1n) is 6.54. The fourth-order valence-electron chi connectivity index (χ4n) is 2.41.